The van der Waals surface area contributed by atoms with E-state index in [-0.39, 0.29) is 5.91 Å². The molecule has 1 aliphatic heterocycles. The van der Waals surface area contributed by atoms with Crippen molar-refractivity contribution in [3.8, 4) is 11.8 Å². The average molecular weight is 451 g/mol. The molecule has 1 aromatic heterocycles. The van der Waals surface area contributed by atoms with Crippen molar-refractivity contribution in [2.45, 2.75) is 19.3 Å². The molecule has 7 heteroatoms. The van der Waals surface area contributed by atoms with Crippen molar-refractivity contribution in [3.05, 3.63) is 96.2 Å². The highest BCUT2D eigenvalue weighted by molar-refractivity contribution is 7.10. The monoisotopic (exact) mass is 450 g/mol. The van der Waals surface area contributed by atoms with Crippen LogP contribution < -0.4 is 5.32 Å². The molecule has 0 bridgehead atoms. The van der Waals surface area contributed by atoms with E-state index in [0.29, 0.717) is 16.3 Å². The van der Waals surface area contributed by atoms with Crippen molar-refractivity contribution in [1.29, 1.82) is 0 Å². The molecule has 0 saturated carbocycles. The molecule has 1 amide bonds. The molecule has 3 aromatic rings. The number of anilines is 1. The largest absolute Gasteiger partial charge is 0.325 e. The number of thiophene rings is 1. The quantitative estimate of drug-likeness (QED) is 0.337. The van der Waals surface area contributed by atoms with E-state index in [4.69, 9.17) is 11.6 Å². The SMILES string of the molecule is Cc1csc([C@@]2([C@@H](C#Cc3ccccc3)C[N+](=O)[O-])C(=O)Nc3ccc(Cl)cc32)c1C. The summed E-state index contributed by atoms with van der Waals surface area (Å²) >= 11 is 7.74. The molecule has 156 valence electrons. The van der Waals surface area contributed by atoms with Crippen LogP contribution >= 0.6 is 22.9 Å². The average Bonchev–Trinajstić information content (AvgIpc) is 3.22. The fraction of sp³-hybridized carbons (Fsp3) is 0.208. The molecule has 0 aliphatic carbocycles. The van der Waals surface area contributed by atoms with Gasteiger partial charge in [-0.3, -0.25) is 14.9 Å². The number of rotatable bonds is 4. The van der Waals surface area contributed by atoms with Crippen molar-refractivity contribution < 1.29 is 9.72 Å². The summed E-state index contributed by atoms with van der Waals surface area (Å²) in [5.41, 5.74) is 2.60. The van der Waals surface area contributed by atoms with Gasteiger partial charge in [-0.15, -0.1) is 11.3 Å². The number of hydrogen-bond donors (Lipinski definition) is 1. The third-order valence-corrected chi connectivity index (χ3v) is 7.25. The van der Waals surface area contributed by atoms with Crippen LogP contribution in [0.3, 0.4) is 0 Å². The predicted molar refractivity (Wildman–Crippen MR) is 123 cm³/mol. The van der Waals surface area contributed by atoms with E-state index >= 15 is 0 Å². The van der Waals surface area contributed by atoms with Gasteiger partial charge in [0.05, 0.1) is 0 Å². The Labute approximate surface area is 189 Å². The fourth-order valence-electron chi connectivity index (χ4n) is 4.05. The van der Waals surface area contributed by atoms with Gasteiger partial charge in [-0.05, 0) is 66.2 Å². The molecule has 0 unspecified atom stereocenters. The Balaban J connectivity index is 2.01. The molecule has 4 rings (SSSR count). The zero-order chi connectivity index (χ0) is 22.2. The van der Waals surface area contributed by atoms with Crippen LogP contribution in [-0.4, -0.2) is 17.4 Å². The molecule has 2 aromatic carbocycles. The Kier molecular flexibility index (Phi) is 5.57. The molecule has 0 fully saturated rings. The maximum atomic E-state index is 13.6. The second-order valence-electron chi connectivity index (χ2n) is 7.53. The van der Waals surface area contributed by atoms with E-state index in [1.807, 2.05) is 49.6 Å². The number of halogens is 1. The first kappa shape index (κ1) is 21.1. The minimum absolute atomic E-state index is 0.316. The number of hydrogen-bond acceptors (Lipinski definition) is 4. The number of nitrogens with one attached hydrogen (secondary N) is 1. The normalized spacial score (nSPS) is 18.0. The van der Waals surface area contributed by atoms with Gasteiger partial charge >= 0.3 is 0 Å². The smallest absolute Gasteiger partial charge is 0.241 e. The molecule has 5 nitrogen and oxygen atoms in total. The number of nitro groups is 1. The molecule has 31 heavy (non-hydrogen) atoms. The second kappa shape index (κ2) is 8.18. The highest BCUT2D eigenvalue weighted by Gasteiger charge is 2.56. The first-order valence-corrected chi connectivity index (χ1v) is 10.9. The number of amides is 1. The Morgan fingerprint density at radius 1 is 1.23 bits per heavy atom. The van der Waals surface area contributed by atoms with Crippen LogP contribution in [0.1, 0.15) is 27.1 Å². The van der Waals surface area contributed by atoms with E-state index in [0.717, 1.165) is 21.6 Å². The van der Waals surface area contributed by atoms with E-state index < -0.39 is 22.8 Å². The lowest BCUT2D eigenvalue weighted by atomic mass is 9.68. The Bertz CT molecular complexity index is 1240. The van der Waals surface area contributed by atoms with Gasteiger partial charge in [0.15, 0.2) is 0 Å². The maximum absolute atomic E-state index is 13.6. The summed E-state index contributed by atoms with van der Waals surface area (Å²) in [5, 5.41) is 17.1. The molecular weight excluding hydrogens is 432 g/mol. The number of fused-ring (bicyclic) bond motifs is 1. The van der Waals surface area contributed by atoms with Crippen LogP contribution in [0.15, 0.2) is 53.9 Å². The van der Waals surface area contributed by atoms with Gasteiger partial charge < -0.3 is 5.32 Å². The van der Waals surface area contributed by atoms with Crippen molar-refractivity contribution in [2.24, 2.45) is 5.92 Å². The lowest BCUT2D eigenvalue weighted by Crippen LogP contribution is -2.45. The van der Waals surface area contributed by atoms with Crippen LogP contribution in [0.2, 0.25) is 5.02 Å². The first-order chi connectivity index (χ1) is 14.8. The zero-order valence-corrected chi connectivity index (χ0v) is 18.5. The number of nitrogens with zero attached hydrogens (tertiary/aromatic N) is 1. The van der Waals surface area contributed by atoms with Crippen LogP contribution in [0.25, 0.3) is 0 Å². The van der Waals surface area contributed by atoms with Gasteiger partial charge in [0.1, 0.15) is 11.3 Å². The number of carbonyl (C=O) groups excluding carboxylic acids is 1. The topological polar surface area (TPSA) is 72.2 Å². The summed E-state index contributed by atoms with van der Waals surface area (Å²) < 4.78 is 0. The van der Waals surface area contributed by atoms with Crippen LogP contribution in [0.4, 0.5) is 5.69 Å². The molecule has 1 N–H and O–H groups in total. The Morgan fingerprint density at radius 2 is 1.97 bits per heavy atom. The summed E-state index contributed by atoms with van der Waals surface area (Å²) in [4.78, 5) is 25.7. The fourth-order valence-corrected chi connectivity index (χ4v) is 5.56. The summed E-state index contributed by atoms with van der Waals surface area (Å²) in [6, 6.07) is 14.4. The number of carbonyl (C=O) groups is 1. The summed E-state index contributed by atoms with van der Waals surface area (Å²) in [7, 11) is 0. The van der Waals surface area contributed by atoms with Gasteiger partial charge in [-0.25, -0.2) is 0 Å². The standard InChI is InChI=1S/C24H19ClN2O3S/c1-15-14-31-22(16(15)2)24(20-12-19(25)10-11-21(20)26-23(24)28)18(13-27(29)30)9-8-17-6-4-3-5-7-17/h3-7,10-12,14,18H,13H2,1-2H3,(H,26,28)/t18-,24-/m0/s1. The Morgan fingerprint density at radius 3 is 2.61 bits per heavy atom. The summed E-state index contributed by atoms with van der Waals surface area (Å²) in [6.45, 7) is 3.43. The van der Waals surface area contributed by atoms with Gasteiger partial charge in [0.25, 0.3) is 0 Å². The lowest BCUT2D eigenvalue weighted by Gasteiger charge is -2.31. The van der Waals surface area contributed by atoms with Gasteiger partial charge in [0.2, 0.25) is 12.5 Å². The highest BCUT2D eigenvalue weighted by atomic mass is 35.5. The van der Waals surface area contributed by atoms with Gasteiger partial charge in [0, 0.05) is 26.1 Å². The minimum Gasteiger partial charge on any atom is -0.325 e. The lowest BCUT2D eigenvalue weighted by molar-refractivity contribution is -0.486. The highest BCUT2D eigenvalue weighted by Crippen LogP contribution is 2.51. The van der Waals surface area contributed by atoms with Gasteiger partial charge in [-0.1, -0.05) is 41.6 Å². The van der Waals surface area contributed by atoms with E-state index in [9.17, 15) is 14.9 Å². The predicted octanol–water partition coefficient (Wildman–Crippen LogP) is 5.20. The molecule has 2 atom stereocenters. The van der Waals surface area contributed by atoms with E-state index in [1.165, 1.54) is 11.3 Å². The van der Waals surface area contributed by atoms with Crippen LogP contribution in [0, 0.1) is 41.7 Å². The number of aryl methyl sites for hydroxylation is 1. The van der Waals surface area contributed by atoms with Gasteiger partial charge in [-0.2, -0.15) is 0 Å². The summed E-state index contributed by atoms with van der Waals surface area (Å²) in [5.74, 6) is 4.93. The zero-order valence-electron chi connectivity index (χ0n) is 16.9. The molecule has 0 saturated heterocycles. The molecule has 0 spiro atoms. The van der Waals surface area contributed by atoms with Crippen molar-refractivity contribution in [2.75, 3.05) is 11.9 Å². The summed E-state index contributed by atoms with van der Waals surface area (Å²) in [6.07, 6.45) is 0. The molecule has 2 heterocycles. The van der Waals surface area contributed by atoms with Crippen LogP contribution in [0.5, 0.6) is 0 Å². The van der Waals surface area contributed by atoms with Crippen molar-refractivity contribution >= 4 is 34.5 Å². The van der Waals surface area contributed by atoms with E-state index in [2.05, 4.69) is 17.2 Å². The third-order valence-electron chi connectivity index (χ3n) is 5.68. The minimum atomic E-state index is -1.32. The Hall–Kier alpha value is -3.14. The second-order valence-corrected chi connectivity index (χ2v) is 8.84. The first-order valence-electron chi connectivity index (χ1n) is 9.69. The third kappa shape index (κ3) is 3.60. The van der Waals surface area contributed by atoms with Crippen molar-refractivity contribution in [3.63, 3.8) is 0 Å². The maximum Gasteiger partial charge on any atom is 0.241 e. The van der Waals surface area contributed by atoms with Crippen molar-refractivity contribution in [1.82, 2.24) is 0 Å². The molecule has 1 aliphatic rings. The molecule has 0 radical (unpaired) electrons. The number of benzene rings is 2. The van der Waals surface area contributed by atoms with E-state index in [1.54, 1.807) is 18.2 Å². The molecular formula is C24H19ClN2O3S. The van der Waals surface area contributed by atoms with Crippen LogP contribution in [-0.2, 0) is 10.2 Å².